The molecule has 92 valence electrons. The third-order valence-electron chi connectivity index (χ3n) is 4.35. The van der Waals surface area contributed by atoms with E-state index in [4.69, 9.17) is 0 Å². The zero-order valence-electron chi connectivity index (χ0n) is 11.3. The van der Waals surface area contributed by atoms with Crippen LogP contribution in [-0.4, -0.2) is 17.7 Å². The van der Waals surface area contributed by atoms with Gasteiger partial charge in [-0.1, -0.05) is 0 Å². The van der Waals surface area contributed by atoms with E-state index in [2.05, 4.69) is 91.4 Å². The Morgan fingerprint density at radius 3 is 2.32 bits per heavy atom. The van der Waals surface area contributed by atoms with Gasteiger partial charge >= 0.3 is 118 Å². The Bertz CT molecular complexity index is 591. The molecule has 3 rings (SSSR count). The number of hydrogen-bond donors (Lipinski definition) is 0. The minimum absolute atomic E-state index is 0. The van der Waals surface area contributed by atoms with Gasteiger partial charge in [-0.3, -0.25) is 0 Å². The first-order valence-corrected chi connectivity index (χ1v) is 6.55. The van der Waals surface area contributed by atoms with Crippen LogP contribution in [0.2, 0.25) is 0 Å². The number of allylic oxidation sites excluding steroid dienone is 1. The van der Waals surface area contributed by atoms with Crippen molar-refractivity contribution in [3.8, 4) is 0 Å². The van der Waals surface area contributed by atoms with Crippen molar-refractivity contribution in [3.63, 3.8) is 0 Å². The topological polar surface area (TPSA) is 0 Å². The molecule has 0 spiro atoms. The van der Waals surface area contributed by atoms with Crippen LogP contribution in [0.15, 0.2) is 60.7 Å². The van der Waals surface area contributed by atoms with E-state index >= 15 is 0 Å². The van der Waals surface area contributed by atoms with E-state index in [-0.39, 0.29) is 16.5 Å². The standard InChI is InChI=1S/C17H15.ClH.Li/c1-13(14-7-3-2-4-8-14)16-12-11-15-9-5-6-10-17(15)16;;/h2-13H,1H3;1H;. The van der Waals surface area contributed by atoms with Crippen LogP contribution in [0.5, 0.6) is 0 Å². The first-order chi connectivity index (χ1) is 8.72. The SMILES string of the molecule is Cl.[Li][C]1(C(C)c2ccccc2)C=Cc2ccccc21. The average molecular weight is 263 g/mol. The van der Waals surface area contributed by atoms with Gasteiger partial charge in [-0.25, -0.2) is 0 Å². The summed E-state index contributed by atoms with van der Waals surface area (Å²) in [6, 6.07) is 19.5. The number of hydrogen-bond acceptors (Lipinski definition) is 0. The molecule has 2 unspecified atom stereocenters. The molecule has 1 aliphatic carbocycles. The van der Waals surface area contributed by atoms with Crippen LogP contribution in [0.1, 0.15) is 29.5 Å². The molecule has 0 saturated carbocycles. The fourth-order valence-corrected chi connectivity index (χ4v) is 2.95. The van der Waals surface area contributed by atoms with E-state index in [1.807, 2.05) is 0 Å². The normalized spacial score (nSPS) is 21.6. The molecule has 0 aromatic heterocycles. The van der Waals surface area contributed by atoms with Crippen LogP contribution < -0.4 is 0 Å². The number of fused-ring (bicyclic) bond motifs is 1. The van der Waals surface area contributed by atoms with Crippen molar-refractivity contribution in [2.75, 3.05) is 0 Å². The molecule has 2 aromatic carbocycles. The predicted molar refractivity (Wildman–Crippen MR) is 85.0 cm³/mol. The van der Waals surface area contributed by atoms with Gasteiger partial charge in [0.15, 0.2) is 0 Å². The molecular weight excluding hydrogens is 247 g/mol. The maximum absolute atomic E-state index is 2.36. The van der Waals surface area contributed by atoms with Gasteiger partial charge in [0, 0.05) is 0 Å². The summed E-state index contributed by atoms with van der Waals surface area (Å²) in [6.45, 7) is 2.32. The molecule has 0 N–H and O–H groups in total. The third kappa shape index (κ3) is 2.41. The van der Waals surface area contributed by atoms with Crippen LogP contribution in [0.3, 0.4) is 0 Å². The average Bonchev–Trinajstić information content (AvgIpc) is 2.78. The Morgan fingerprint density at radius 2 is 1.58 bits per heavy atom. The Morgan fingerprint density at radius 1 is 0.947 bits per heavy atom. The quantitative estimate of drug-likeness (QED) is 0.708. The van der Waals surface area contributed by atoms with Crippen LogP contribution in [0, 0.1) is 0 Å². The van der Waals surface area contributed by atoms with E-state index in [0.717, 1.165) is 0 Å². The van der Waals surface area contributed by atoms with Gasteiger partial charge in [0.05, 0.1) is 0 Å². The summed E-state index contributed by atoms with van der Waals surface area (Å²) in [5.41, 5.74) is 4.21. The Labute approximate surface area is 130 Å². The van der Waals surface area contributed by atoms with Crippen molar-refractivity contribution in [1.29, 1.82) is 0 Å². The zero-order chi connectivity index (χ0) is 12.6. The summed E-state index contributed by atoms with van der Waals surface area (Å²) in [6.07, 6.45) is 4.62. The van der Waals surface area contributed by atoms with Gasteiger partial charge < -0.3 is 0 Å². The van der Waals surface area contributed by atoms with Gasteiger partial charge in [-0.05, 0) is 0 Å². The van der Waals surface area contributed by atoms with Crippen molar-refractivity contribution in [2.45, 2.75) is 16.9 Å². The van der Waals surface area contributed by atoms with Crippen LogP contribution in [0.4, 0.5) is 0 Å². The van der Waals surface area contributed by atoms with Crippen molar-refractivity contribution >= 4 is 36.2 Å². The fourth-order valence-electron chi connectivity index (χ4n) is 2.95. The molecule has 0 saturated heterocycles. The predicted octanol–water partition coefficient (Wildman–Crippen LogP) is 4.30. The second-order valence-corrected chi connectivity index (χ2v) is 5.34. The van der Waals surface area contributed by atoms with E-state index in [1.54, 1.807) is 0 Å². The number of benzene rings is 2. The Kier molecular flexibility index (Phi) is 4.26. The van der Waals surface area contributed by atoms with Crippen molar-refractivity contribution in [3.05, 3.63) is 77.4 Å². The molecule has 19 heavy (non-hydrogen) atoms. The first-order valence-electron chi connectivity index (χ1n) is 6.55. The van der Waals surface area contributed by atoms with Crippen molar-refractivity contribution < 1.29 is 0 Å². The van der Waals surface area contributed by atoms with E-state index in [1.165, 1.54) is 16.7 Å². The van der Waals surface area contributed by atoms with E-state index < -0.39 is 0 Å². The summed E-state index contributed by atoms with van der Waals surface area (Å²) in [4.78, 5) is 0. The molecule has 1 aliphatic rings. The molecule has 2 atom stereocenters. The summed E-state index contributed by atoms with van der Waals surface area (Å²) < 4.78 is 0.109. The summed E-state index contributed by atoms with van der Waals surface area (Å²) in [7, 11) is 0. The zero-order valence-corrected chi connectivity index (χ0v) is 12.2. The fraction of sp³-hybridized carbons (Fsp3) is 0.176. The second kappa shape index (κ2) is 5.59. The first kappa shape index (κ1) is 14.5. The third-order valence-corrected chi connectivity index (χ3v) is 4.35. The second-order valence-electron chi connectivity index (χ2n) is 5.34. The molecule has 0 nitrogen and oxygen atoms in total. The molecule has 2 heteroatoms. The molecule has 0 bridgehead atoms. The molecule has 0 amide bonds. The maximum atomic E-state index is 2.36. The molecule has 0 radical (unpaired) electrons. The molecule has 0 heterocycles. The molecule has 0 fully saturated rings. The number of rotatable bonds is 2. The van der Waals surface area contributed by atoms with Gasteiger partial charge in [0.2, 0.25) is 0 Å². The summed E-state index contributed by atoms with van der Waals surface area (Å²) >= 11 is 2.34. The van der Waals surface area contributed by atoms with Gasteiger partial charge in [-0.2, -0.15) is 0 Å². The minimum atomic E-state index is 0. The Balaban J connectivity index is 0.00000133. The monoisotopic (exact) mass is 262 g/mol. The molecular formula is C17H16ClLi. The van der Waals surface area contributed by atoms with Gasteiger partial charge in [-0.15, -0.1) is 12.4 Å². The van der Waals surface area contributed by atoms with Crippen molar-refractivity contribution in [2.24, 2.45) is 0 Å². The summed E-state index contributed by atoms with van der Waals surface area (Å²) in [5, 5.41) is 0. The van der Waals surface area contributed by atoms with E-state index in [9.17, 15) is 0 Å². The molecule has 0 aliphatic heterocycles. The van der Waals surface area contributed by atoms with Crippen LogP contribution >= 0.6 is 12.4 Å². The summed E-state index contributed by atoms with van der Waals surface area (Å²) in [5.74, 6) is 0.485. The van der Waals surface area contributed by atoms with E-state index in [0.29, 0.717) is 5.92 Å². The van der Waals surface area contributed by atoms with Crippen LogP contribution in [0.25, 0.3) is 6.08 Å². The van der Waals surface area contributed by atoms with Gasteiger partial charge in [0.25, 0.3) is 0 Å². The molecule has 2 aromatic rings. The van der Waals surface area contributed by atoms with Gasteiger partial charge in [0.1, 0.15) is 0 Å². The van der Waals surface area contributed by atoms with Crippen LogP contribution in [-0.2, 0) is 4.09 Å². The Hall–Kier alpha value is -0.933. The number of halogens is 1. The van der Waals surface area contributed by atoms with Crippen molar-refractivity contribution in [1.82, 2.24) is 0 Å².